The second-order valence-electron chi connectivity index (χ2n) is 2.63. The zero-order chi connectivity index (χ0) is 9.14. The van der Waals surface area contributed by atoms with E-state index >= 15 is 0 Å². The van der Waals surface area contributed by atoms with Crippen LogP contribution in [-0.4, -0.2) is 11.6 Å². The van der Waals surface area contributed by atoms with Crippen molar-refractivity contribution in [1.29, 1.82) is 0 Å². The smallest absolute Gasteiger partial charge is 0.252 e. The normalized spacial score (nSPS) is 9.50. The Balaban J connectivity index is 3.13. The Morgan fingerprint density at radius 1 is 1.67 bits per heavy atom. The lowest BCUT2D eigenvalue weighted by Crippen LogP contribution is -2.17. The standard InChI is InChI=1S/C9H12N2O/c1-4-10(2)8-5-6-11(3)9(12)7-8/h4-7H,1H2,2-3H3. The number of anilines is 1. The highest BCUT2D eigenvalue weighted by molar-refractivity contribution is 5.46. The first-order valence-corrected chi connectivity index (χ1v) is 3.67. The topological polar surface area (TPSA) is 25.2 Å². The van der Waals surface area contributed by atoms with Crippen LogP contribution in [0.5, 0.6) is 0 Å². The molecule has 0 saturated heterocycles. The quantitative estimate of drug-likeness (QED) is 0.650. The van der Waals surface area contributed by atoms with E-state index in [0.717, 1.165) is 5.69 Å². The Morgan fingerprint density at radius 3 is 2.83 bits per heavy atom. The lowest BCUT2D eigenvalue weighted by atomic mass is 10.4. The highest BCUT2D eigenvalue weighted by atomic mass is 16.1. The van der Waals surface area contributed by atoms with Gasteiger partial charge in [-0.05, 0) is 12.3 Å². The number of pyridine rings is 1. The number of rotatable bonds is 2. The molecule has 0 bridgehead atoms. The van der Waals surface area contributed by atoms with Crippen molar-refractivity contribution in [2.75, 3.05) is 11.9 Å². The second kappa shape index (κ2) is 3.26. The maximum atomic E-state index is 11.2. The summed E-state index contributed by atoms with van der Waals surface area (Å²) in [5, 5.41) is 0. The number of nitrogens with zero attached hydrogens (tertiary/aromatic N) is 2. The molecule has 64 valence electrons. The van der Waals surface area contributed by atoms with Crippen molar-refractivity contribution in [1.82, 2.24) is 4.57 Å². The molecule has 1 aromatic heterocycles. The van der Waals surface area contributed by atoms with E-state index in [-0.39, 0.29) is 5.56 Å². The molecule has 3 nitrogen and oxygen atoms in total. The van der Waals surface area contributed by atoms with Crippen LogP contribution in [0.1, 0.15) is 0 Å². The highest BCUT2D eigenvalue weighted by Crippen LogP contribution is 2.07. The predicted octanol–water partition coefficient (Wildman–Crippen LogP) is 0.965. The Morgan fingerprint density at radius 2 is 2.33 bits per heavy atom. The summed E-state index contributed by atoms with van der Waals surface area (Å²) in [6, 6.07) is 3.44. The van der Waals surface area contributed by atoms with Crippen LogP contribution in [0.4, 0.5) is 5.69 Å². The molecular formula is C9H12N2O. The zero-order valence-electron chi connectivity index (χ0n) is 7.32. The minimum atomic E-state index is -0.0128. The second-order valence-corrected chi connectivity index (χ2v) is 2.63. The molecule has 1 rings (SSSR count). The number of hydrogen-bond acceptors (Lipinski definition) is 2. The summed E-state index contributed by atoms with van der Waals surface area (Å²) < 4.78 is 1.53. The van der Waals surface area contributed by atoms with Gasteiger partial charge in [0, 0.05) is 32.0 Å². The molecule has 0 aliphatic carbocycles. The zero-order valence-corrected chi connectivity index (χ0v) is 7.32. The monoisotopic (exact) mass is 164 g/mol. The van der Waals surface area contributed by atoms with Gasteiger partial charge in [-0.1, -0.05) is 6.58 Å². The average Bonchev–Trinajstić information content (AvgIpc) is 2.08. The van der Waals surface area contributed by atoms with E-state index in [1.165, 1.54) is 4.57 Å². The van der Waals surface area contributed by atoms with Gasteiger partial charge in [-0.3, -0.25) is 4.79 Å². The molecule has 3 heteroatoms. The van der Waals surface area contributed by atoms with Crippen LogP contribution in [0, 0.1) is 0 Å². The summed E-state index contributed by atoms with van der Waals surface area (Å²) >= 11 is 0. The Bertz CT molecular complexity index is 341. The number of aryl methyl sites for hydroxylation is 1. The first kappa shape index (κ1) is 8.59. The SMILES string of the molecule is C=CN(C)c1ccn(C)c(=O)c1. The van der Waals surface area contributed by atoms with Gasteiger partial charge < -0.3 is 9.47 Å². The lowest BCUT2D eigenvalue weighted by molar-refractivity contribution is 0.858. The van der Waals surface area contributed by atoms with Gasteiger partial charge in [0.1, 0.15) is 0 Å². The first-order chi connectivity index (χ1) is 5.65. The number of hydrogen-bond donors (Lipinski definition) is 0. The summed E-state index contributed by atoms with van der Waals surface area (Å²) in [5.74, 6) is 0. The summed E-state index contributed by atoms with van der Waals surface area (Å²) in [7, 11) is 3.57. The van der Waals surface area contributed by atoms with E-state index in [1.807, 2.05) is 13.1 Å². The fourth-order valence-electron chi connectivity index (χ4n) is 0.863. The molecule has 0 N–H and O–H groups in total. The molecule has 0 saturated carbocycles. The van der Waals surface area contributed by atoms with Crippen LogP contribution in [-0.2, 0) is 7.05 Å². The van der Waals surface area contributed by atoms with E-state index in [0.29, 0.717) is 0 Å². The first-order valence-electron chi connectivity index (χ1n) is 3.67. The average molecular weight is 164 g/mol. The van der Waals surface area contributed by atoms with Crippen molar-refractivity contribution >= 4 is 5.69 Å². The molecule has 0 unspecified atom stereocenters. The third-order valence-corrected chi connectivity index (χ3v) is 1.77. The minimum absolute atomic E-state index is 0.0128. The van der Waals surface area contributed by atoms with Crippen LogP contribution in [0.15, 0.2) is 35.9 Å². The summed E-state index contributed by atoms with van der Waals surface area (Å²) in [6.07, 6.45) is 3.40. The van der Waals surface area contributed by atoms with E-state index in [9.17, 15) is 4.79 Å². The number of aromatic nitrogens is 1. The van der Waals surface area contributed by atoms with E-state index in [2.05, 4.69) is 6.58 Å². The van der Waals surface area contributed by atoms with Gasteiger partial charge in [-0.15, -0.1) is 0 Å². The van der Waals surface area contributed by atoms with E-state index in [4.69, 9.17) is 0 Å². The Labute approximate surface area is 71.6 Å². The predicted molar refractivity (Wildman–Crippen MR) is 50.3 cm³/mol. The molecule has 0 atom stereocenters. The van der Waals surface area contributed by atoms with Gasteiger partial charge in [0.05, 0.1) is 0 Å². The van der Waals surface area contributed by atoms with Gasteiger partial charge in [0.25, 0.3) is 5.56 Å². The van der Waals surface area contributed by atoms with Gasteiger partial charge in [0.15, 0.2) is 0 Å². The van der Waals surface area contributed by atoms with Crippen LogP contribution >= 0.6 is 0 Å². The fraction of sp³-hybridized carbons (Fsp3) is 0.222. The van der Waals surface area contributed by atoms with Gasteiger partial charge in [-0.2, -0.15) is 0 Å². The molecule has 12 heavy (non-hydrogen) atoms. The van der Waals surface area contributed by atoms with Crippen molar-refractivity contribution in [2.45, 2.75) is 0 Å². The van der Waals surface area contributed by atoms with E-state index in [1.54, 1.807) is 30.4 Å². The third-order valence-electron chi connectivity index (χ3n) is 1.77. The fourth-order valence-corrected chi connectivity index (χ4v) is 0.863. The molecule has 0 aromatic carbocycles. The minimum Gasteiger partial charge on any atom is -0.351 e. The third kappa shape index (κ3) is 1.56. The largest absolute Gasteiger partial charge is 0.351 e. The molecule has 0 amide bonds. The van der Waals surface area contributed by atoms with E-state index < -0.39 is 0 Å². The van der Waals surface area contributed by atoms with Gasteiger partial charge >= 0.3 is 0 Å². The molecule has 0 spiro atoms. The molecule has 0 aliphatic heterocycles. The Hall–Kier alpha value is -1.51. The maximum absolute atomic E-state index is 11.2. The van der Waals surface area contributed by atoms with Gasteiger partial charge in [0.2, 0.25) is 0 Å². The van der Waals surface area contributed by atoms with Crippen molar-refractivity contribution in [3.8, 4) is 0 Å². The van der Waals surface area contributed by atoms with Crippen LogP contribution < -0.4 is 10.5 Å². The Kier molecular flexibility index (Phi) is 2.33. The van der Waals surface area contributed by atoms with Gasteiger partial charge in [-0.25, -0.2) is 0 Å². The maximum Gasteiger partial charge on any atom is 0.252 e. The van der Waals surface area contributed by atoms with Crippen LogP contribution in [0.2, 0.25) is 0 Å². The van der Waals surface area contributed by atoms with Crippen molar-refractivity contribution in [3.63, 3.8) is 0 Å². The van der Waals surface area contributed by atoms with Crippen molar-refractivity contribution in [3.05, 3.63) is 41.5 Å². The summed E-state index contributed by atoms with van der Waals surface area (Å²) in [6.45, 7) is 3.61. The molecule has 1 heterocycles. The van der Waals surface area contributed by atoms with Crippen molar-refractivity contribution < 1.29 is 0 Å². The molecule has 0 fully saturated rings. The summed E-state index contributed by atoms with van der Waals surface area (Å²) in [5.41, 5.74) is 0.842. The molecule has 0 aliphatic rings. The van der Waals surface area contributed by atoms with Crippen molar-refractivity contribution in [2.24, 2.45) is 7.05 Å². The molecular weight excluding hydrogens is 152 g/mol. The highest BCUT2D eigenvalue weighted by Gasteiger charge is 1.96. The summed E-state index contributed by atoms with van der Waals surface area (Å²) in [4.78, 5) is 13.0. The molecule has 1 aromatic rings. The lowest BCUT2D eigenvalue weighted by Gasteiger charge is -2.12. The van der Waals surface area contributed by atoms with Crippen LogP contribution in [0.3, 0.4) is 0 Å². The van der Waals surface area contributed by atoms with Crippen LogP contribution in [0.25, 0.3) is 0 Å². The molecule has 0 radical (unpaired) electrons.